The molecule has 3 unspecified atom stereocenters. The second kappa shape index (κ2) is 6.93. The van der Waals surface area contributed by atoms with E-state index in [9.17, 15) is 9.90 Å². The van der Waals surface area contributed by atoms with Gasteiger partial charge in [-0.1, -0.05) is 13.8 Å². The molecular weight excluding hydrogens is 218 g/mol. The van der Waals surface area contributed by atoms with Gasteiger partial charge in [-0.2, -0.15) is 0 Å². The van der Waals surface area contributed by atoms with E-state index in [4.69, 9.17) is 5.73 Å². The number of carbonyl (C=O) groups excluding carboxylic acids is 1. The summed E-state index contributed by atoms with van der Waals surface area (Å²) in [4.78, 5) is 11.8. The van der Waals surface area contributed by atoms with Gasteiger partial charge in [-0.25, -0.2) is 0 Å². The Morgan fingerprint density at radius 1 is 1.59 bits per heavy atom. The molecule has 0 spiro atoms. The minimum atomic E-state index is -0.499. The summed E-state index contributed by atoms with van der Waals surface area (Å²) in [6.45, 7) is 4.82. The monoisotopic (exact) mass is 243 g/mol. The highest BCUT2D eigenvalue weighted by atomic mass is 16.3. The minimum absolute atomic E-state index is 0.0330. The number of aliphatic hydroxyl groups is 1. The number of amides is 1. The van der Waals surface area contributed by atoms with Gasteiger partial charge in [0.1, 0.15) is 0 Å². The number of nitrogens with one attached hydrogen (secondary N) is 2. The van der Waals surface area contributed by atoms with Crippen LogP contribution in [0.25, 0.3) is 0 Å². The number of aliphatic hydroxyl groups excluding tert-OH is 1. The maximum atomic E-state index is 11.8. The Hall–Kier alpha value is -0.650. The fourth-order valence-corrected chi connectivity index (χ4v) is 2.08. The summed E-state index contributed by atoms with van der Waals surface area (Å²) in [6, 6.07) is -0.286. The van der Waals surface area contributed by atoms with Crippen LogP contribution < -0.4 is 16.4 Å². The first-order valence-electron chi connectivity index (χ1n) is 6.44. The Labute approximate surface area is 103 Å². The van der Waals surface area contributed by atoms with Crippen LogP contribution in [0.2, 0.25) is 0 Å². The molecule has 1 rings (SSSR count). The van der Waals surface area contributed by atoms with Gasteiger partial charge < -0.3 is 21.5 Å². The molecule has 1 amide bonds. The van der Waals surface area contributed by atoms with Crippen molar-refractivity contribution >= 4 is 5.91 Å². The van der Waals surface area contributed by atoms with Crippen LogP contribution in [0.5, 0.6) is 0 Å². The lowest BCUT2D eigenvalue weighted by Crippen LogP contribution is -2.50. The van der Waals surface area contributed by atoms with E-state index in [1.807, 2.05) is 13.8 Å². The fraction of sp³-hybridized carbons (Fsp3) is 0.917. The Bertz CT molecular complexity index is 240. The van der Waals surface area contributed by atoms with E-state index in [-0.39, 0.29) is 24.5 Å². The van der Waals surface area contributed by atoms with E-state index in [1.165, 1.54) is 6.42 Å². The lowest BCUT2D eigenvalue weighted by molar-refractivity contribution is -0.124. The van der Waals surface area contributed by atoms with Crippen molar-refractivity contribution in [2.75, 3.05) is 13.2 Å². The van der Waals surface area contributed by atoms with Gasteiger partial charge in [-0.3, -0.25) is 4.79 Å². The fourth-order valence-electron chi connectivity index (χ4n) is 2.08. The highest BCUT2D eigenvalue weighted by Gasteiger charge is 2.23. The topological polar surface area (TPSA) is 87.4 Å². The van der Waals surface area contributed by atoms with Gasteiger partial charge in [0, 0.05) is 6.04 Å². The molecule has 3 atom stereocenters. The molecule has 0 aromatic heterocycles. The van der Waals surface area contributed by atoms with Crippen LogP contribution >= 0.6 is 0 Å². The van der Waals surface area contributed by atoms with Crippen molar-refractivity contribution in [3.8, 4) is 0 Å². The Kier molecular flexibility index (Phi) is 5.88. The Balaban J connectivity index is 2.37. The molecule has 17 heavy (non-hydrogen) atoms. The van der Waals surface area contributed by atoms with E-state index in [0.717, 1.165) is 19.4 Å². The molecule has 0 aliphatic carbocycles. The largest absolute Gasteiger partial charge is 0.394 e. The van der Waals surface area contributed by atoms with Crippen LogP contribution in [0.3, 0.4) is 0 Å². The van der Waals surface area contributed by atoms with Crippen LogP contribution in [-0.2, 0) is 4.79 Å². The third-order valence-electron chi connectivity index (χ3n) is 3.32. The highest BCUT2D eigenvalue weighted by molar-refractivity contribution is 5.82. The molecule has 0 radical (unpaired) electrons. The third kappa shape index (κ3) is 4.61. The highest BCUT2D eigenvalue weighted by Crippen LogP contribution is 2.11. The second-order valence-corrected chi connectivity index (χ2v) is 5.19. The van der Waals surface area contributed by atoms with Gasteiger partial charge in [-0.05, 0) is 31.7 Å². The predicted molar refractivity (Wildman–Crippen MR) is 67.5 cm³/mol. The van der Waals surface area contributed by atoms with Gasteiger partial charge in [0.25, 0.3) is 0 Å². The van der Waals surface area contributed by atoms with Gasteiger partial charge in [0.05, 0.1) is 18.7 Å². The van der Waals surface area contributed by atoms with Crippen molar-refractivity contribution < 1.29 is 9.90 Å². The molecule has 0 aromatic carbocycles. The average Bonchev–Trinajstić information content (AvgIpc) is 2.79. The van der Waals surface area contributed by atoms with Crippen molar-refractivity contribution in [2.45, 2.75) is 51.2 Å². The van der Waals surface area contributed by atoms with Gasteiger partial charge in [0.15, 0.2) is 0 Å². The maximum Gasteiger partial charge on any atom is 0.237 e. The zero-order valence-corrected chi connectivity index (χ0v) is 10.8. The molecule has 0 bridgehead atoms. The lowest BCUT2D eigenvalue weighted by Gasteiger charge is -2.23. The molecule has 100 valence electrons. The molecule has 5 heteroatoms. The summed E-state index contributed by atoms with van der Waals surface area (Å²) < 4.78 is 0. The normalized spacial score (nSPS) is 23.7. The van der Waals surface area contributed by atoms with Crippen molar-refractivity contribution in [3.05, 3.63) is 0 Å². The summed E-state index contributed by atoms with van der Waals surface area (Å²) in [5.41, 5.74) is 5.76. The molecule has 5 N–H and O–H groups in total. The summed E-state index contributed by atoms with van der Waals surface area (Å²) >= 11 is 0. The third-order valence-corrected chi connectivity index (χ3v) is 3.32. The first-order chi connectivity index (χ1) is 8.04. The van der Waals surface area contributed by atoms with Crippen LogP contribution in [0, 0.1) is 5.92 Å². The molecular formula is C12H25N3O2. The van der Waals surface area contributed by atoms with Crippen molar-refractivity contribution in [1.29, 1.82) is 0 Å². The maximum absolute atomic E-state index is 11.8. The smallest absolute Gasteiger partial charge is 0.237 e. The number of hydrogen-bond acceptors (Lipinski definition) is 4. The number of carbonyl (C=O) groups is 1. The molecule has 0 saturated carbocycles. The van der Waals surface area contributed by atoms with Gasteiger partial charge >= 0.3 is 0 Å². The van der Waals surface area contributed by atoms with Crippen LogP contribution in [0.4, 0.5) is 0 Å². The molecule has 1 heterocycles. The zero-order valence-electron chi connectivity index (χ0n) is 10.8. The van der Waals surface area contributed by atoms with Gasteiger partial charge in [-0.15, -0.1) is 0 Å². The van der Waals surface area contributed by atoms with Crippen LogP contribution in [0.15, 0.2) is 0 Å². The summed E-state index contributed by atoms with van der Waals surface area (Å²) in [5, 5.41) is 15.4. The summed E-state index contributed by atoms with van der Waals surface area (Å²) in [7, 11) is 0. The number of rotatable bonds is 6. The zero-order chi connectivity index (χ0) is 12.8. The van der Waals surface area contributed by atoms with E-state index < -0.39 is 6.04 Å². The Morgan fingerprint density at radius 3 is 2.76 bits per heavy atom. The molecule has 1 aliphatic rings. The number of nitrogens with two attached hydrogens (primary N) is 1. The Morgan fingerprint density at radius 2 is 2.29 bits per heavy atom. The van der Waals surface area contributed by atoms with Gasteiger partial charge in [0.2, 0.25) is 5.91 Å². The van der Waals surface area contributed by atoms with E-state index >= 15 is 0 Å². The first kappa shape index (κ1) is 14.4. The number of hydrogen-bond donors (Lipinski definition) is 4. The molecule has 5 nitrogen and oxygen atoms in total. The molecule has 1 aliphatic heterocycles. The van der Waals surface area contributed by atoms with Crippen molar-refractivity contribution in [1.82, 2.24) is 10.6 Å². The quantitative estimate of drug-likeness (QED) is 0.511. The van der Waals surface area contributed by atoms with Crippen molar-refractivity contribution in [2.24, 2.45) is 11.7 Å². The lowest BCUT2D eigenvalue weighted by atomic mass is 10.0. The average molecular weight is 243 g/mol. The summed E-state index contributed by atoms with van der Waals surface area (Å²) in [5.74, 6) is -0.0593. The standard InChI is InChI=1S/C12H25N3O2/c1-8(2)11(13)12(17)15-10(7-16)6-9-4-3-5-14-9/h8-11,14,16H,3-7,13H2,1-2H3,(H,15,17). The predicted octanol–water partition coefficient (Wildman–Crippen LogP) is -0.411. The first-order valence-corrected chi connectivity index (χ1v) is 6.44. The van der Waals surface area contributed by atoms with Crippen molar-refractivity contribution in [3.63, 3.8) is 0 Å². The second-order valence-electron chi connectivity index (χ2n) is 5.19. The molecule has 0 aromatic rings. The molecule has 1 fully saturated rings. The van der Waals surface area contributed by atoms with Crippen LogP contribution in [-0.4, -0.2) is 42.3 Å². The van der Waals surface area contributed by atoms with Crippen LogP contribution in [0.1, 0.15) is 33.1 Å². The van der Waals surface area contributed by atoms with E-state index in [2.05, 4.69) is 10.6 Å². The molecule has 1 saturated heterocycles. The summed E-state index contributed by atoms with van der Waals surface area (Å²) in [6.07, 6.45) is 3.05. The SMILES string of the molecule is CC(C)C(N)C(=O)NC(CO)CC1CCCN1. The van der Waals surface area contributed by atoms with E-state index in [1.54, 1.807) is 0 Å². The van der Waals surface area contributed by atoms with E-state index in [0.29, 0.717) is 6.04 Å². The minimum Gasteiger partial charge on any atom is -0.394 e.